The molecule has 3 rings (SSSR count). The Bertz CT molecular complexity index is 732. The number of nitrogens with zero attached hydrogens (tertiary/aromatic N) is 2. The quantitative estimate of drug-likeness (QED) is 0.947. The molecule has 2 aromatic rings. The number of amides is 1. The van der Waals surface area contributed by atoms with Crippen LogP contribution in [0, 0.1) is 11.3 Å². The van der Waals surface area contributed by atoms with Crippen LogP contribution in [-0.2, 0) is 11.2 Å². The molecule has 5 heteroatoms. The van der Waals surface area contributed by atoms with Gasteiger partial charge in [-0.15, -0.1) is 11.3 Å². The van der Waals surface area contributed by atoms with E-state index in [2.05, 4.69) is 34.7 Å². The molecule has 0 saturated carbocycles. The molecule has 0 spiro atoms. The van der Waals surface area contributed by atoms with Crippen LogP contribution in [0.3, 0.4) is 0 Å². The van der Waals surface area contributed by atoms with Crippen molar-refractivity contribution < 1.29 is 4.79 Å². The Hall–Kier alpha value is -2.16. The van der Waals surface area contributed by atoms with Gasteiger partial charge in [-0.1, -0.05) is 12.1 Å². The van der Waals surface area contributed by atoms with Gasteiger partial charge < -0.3 is 5.32 Å². The lowest BCUT2D eigenvalue weighted by atomic mass is 10.0. The normalized spacial score (nSPS) is 17.5. The highest BCUT2D eigenvalue weighted by atomic mass is 32.1. The molecule has 0 saturated heterocycles. The first-order valence-corrected chi connectivity index (χ1v) is 8.16. The van der Waals surface area contributed by atoms with Crippen LogP contribution in [0.15, 0.2) is 35.7 Å². The van der Waals surface area contributed by atoms with Crippen molar-refractivity contribution in [2.75, 3.05) is 18.4 Å². The summed E-state index contributed by atoms with van der Waals surface area (Å²) in [5.74, 6) is -0.0757. The minimum atomic E-state index is -0.0757. The fourth-order valence-electron chi connectivity index (χ4n) is 2.84. The van der Waals surface area contributed by atoms with Crippen LogP contribution in [0.25, 0.3) is 0 Å². The van der Waals surface area contributed by atoms with Crippen molar-refractivity contribution >= 4 is 22.9 Å². The maximum absolute atomic E-state index is 12.3. The largest absolute Gasteiger partial charge is 0.324 e. The van der Waals surface area contributed by atoms with Gasteiger partial charge in [-0.05, 0) is 42.5 Å². The number of benzene rings is 1. The highest BCUT2D eigenvalue weighted by Gasteiger charge is 2.26. The van der Waals surface area contributed by atoms with E-state index in [4.69, 9.17) is 5.26 Å². The van der Waals surface area contributed by atoms with E-state index >= 15 is 0 Å². The number of nitrogens with one attached hydrogen (secondary N) is 1. The summed E-state index contributed by atoms with van der Waals surface area (Å²) >= 11 is 1.79. The van der Waals surface area contributed by atoms with Gasteiger partial charge in [-0.3, -0.25) is 9.69 Å². The van der Waals surface area contributed by atoms with Crippen LogP contribution in [0.5, 0.6) is 0 Å². The van der Waals surface area contributed by atoms with Crippen molar-refractivity contribution in [1.29, 1.82) is 5.26 Å². The Morgan fingerprint density at radius 1 is 1.45 bits per heavy atom. The summed E-state index contributed by atoms with van der Waals surface area (Å²) in [6, 6.07) is 11.6. The summed E-state index contributed by atoms with van der Waals surface area (Å²) in [7, 11) is 0. The molecule has 22 heavy (non-hydrogen) atoms. The van der Waals surface area contributed by atoms with Crippen LogP contribution >= 0.6 is 11.3 Å². The lowest BCUT2D eigenvalue weighted by molar-refractivity contribution is -0.117. The van der Waals surface area contributed by atoms with E-state index in [1.54, 1.807) is 29.5 Å². The molecule has 2 heterocycles. The molecule has 1 N–H and O–H groups in total. The number of carbonyl (C=O) groups excluding carboxylic acids is 1. The highest BCUT2D eigenvalue weighted by molar-refractivity contribution is 7.10. The molecule has 1 atom stereocenters. The Morgan fingerprint density at radius 2 is 2.27 bits per heavy atom. The van der Waals surface area contributed by atoms with E-state index in [9.17, 15) is 4.79 Å². The monoisotopic (exact) mass is 311 g/mol. The zero-order chi connectivity index (χ0) is 15.5. The van der Waals surface area contributed by atoms with Crippen molar-refractivity contribution in [1.82, 2.24) is 4.90 Å². The molecule has 112 valence electrons. The molecule has 1 aliphatic heterocycles. The summed E-state index contributed by atoms with van der Waals surface area (Å²) in [4.78, 5) is 15.9. The van der Waals surface area contributed by atoms with E-state index in [1.807, 2.05) is 6.07 Å². The average Bonchev–Trinajstić information content (AvgIpc) is 3.00. The van der Waals surface area contributed by atoms with Crippen LogP contribution in [0.4, 0.5) is 5.69 Å². The standard InChI is InChI=1S/C17H17N3OS/c1-12-14-7-9-22-16(14)6-8-20(12)11-17(21)19-15-5-3-2-4-13(15)10-18/h2-5,7,9,12H,6,8,11H2,1H3,(H,19,21)/t12-/m1/s1. The van der Waals surface area contributed by atoms with Gasteiger partial charge in [0.15, 0.2) is 0 Å². The molecular formula is C17H17N3OS. The van der Waals surface area contributed by atoms with Crippen molar-refractivity contribution in [3.8, 4) is 6.07 Å². The van der Waals surface area contributed by atoms with Crippen molar-refractivity contribution in [3.63, 3.8) is 0 Å². The fourth-order valence-corrected chi connectivity index (χ4v) is 3.80. The molecule has 0 bridgehead atoms. The lowest BCUT2D eigenvalue weighted by Gasteiger charge is -2.32. The van der Waals surface area contributed by atoms with Crippen LogP contribution in [-0.4, -0.2) is 23.9 Å². The second kappa shape index (κ2) is 6.30. The van der Waals surface area contributed by atoms with E-state index < -0.39 is 0 Å². The van der Waals surface area contributed by atoms with Gasteiger partial charge in [-0.2, -0.15) is 5.26 Å². The third-order valence-electron chi connectivity index (χ3n) is 4.07. The van der Waals surface area contributed by atoms with E-state index in [1.165, 1.54) is 10.4 Å². The number of carbonyl (C=O) groups is 1. The molecular weight excluding hydrogens is 294 g/mol. The number of nitriles is 1. The molecule has 0 fully saturated rings. The van der Waals surface area contributed by atoms with Gasteiger partial charge >= 0.3 is 0 Å². The molecule has 0 radical (unpaired) electrons. The van der Waals surface area contributed by atoms with E-state index in [0.29, 0.717) is 17.8 Å². The molecule has 1 aliphatic rings. The molecule has 4 nitrogen and oxygen atoms in total. The third-order valence-corrected chi connectivity index (χ3v) is 5.07. The Labute approximate surface area is 134 Å². The fraction of sp³-hybridized carbons (Fsp3) is 0.294. The van der Waals surface area contributed by atoms with E-state index in [0.717, 1.165) is 13.0 Å². The minimum Gasteiger partial charge on any atom is -0.324 e. The smallest absolute Gasteiger partial charge is 0.238 e. The number of thiophene rings is 1. The van der Waals surface area contributed by atoms with Crippen molar-refractivity contribution in [2.24, 2.45) is 0 Å². The molecule has 0 aliphatic carbocycles. The number of hydrogen-bond acceptors (Lipinski definition) is 4. The lowest BCUT2D eigenvalue weighted by Crippen LogP contribution is -2.39. The first-order chi connectivity index (χ1) is 10.7. The Kier molecular flexibility index (Phi) is 4.23. The minimum absolute atomic E-state index is 0.0757. The van der Waals surface area contributed by atoms with Gasteiger partial charge in [0.2, 0.25) is 5.91 Å². The Balaban J connectivity index is 1.67. The first kappa shape index (κ1) is 14.8. The third kappa shape index (κ3) is 2.89. The van der Waals surface area contributed by atoms with Crippen molar-refractivity contribution in [2.45, 2.75) is 19.4 Å². The summed E-state index contributed by atoms with van der Waals surface area (Å²) in [5.41, 5.74) is 2.40. The number of fused-ring (bicyclic) bond motifs is 1. The van der Waals surface area contributed by atoms with Crippen molar-refractivity contribution in [3.05, 3.63) is 51.7 Å². The number of anilines is 1. The molecule has 1 amide bonds. The second-order valence-corrected chi connectivity index (χ2v) is 6.40. The zero-order valence-electron chi connectivity index (χ0n) is 12.4. The average molecular weight is 311 g/mol. The van der Waals surface area contributed by atoms with Crippen LogP contribution in [0.2, 0.25) is 0 Å². The SMILES string of the molecule is C[C@@H]1c2ccsc2CCN1CC(=O)Nc1ccccc1C#N. The van der Waals surface area contributed by atoms with Gasteiger partial charge in [-0.25, -0.2) is 0 Å². The zero-order valence-corrected chi connectivity index (χ0v) is 13.2. The Morgan fingerprint density at radius 3 is 3.09 bits per heavy atom. The van der Waals surface area contributed by atoms with E-state index in [-0.39, 0.29) is 11.9 Å². The van der Waals surface area contributed by atoms with Gasteiger partial charge in [0.25, 0.3) is 0 Å². The van der Waals surface area contributed by atoms with Crippen LogP contribution < -0.4 is 5.32 Å². The van der Waals surface area contributed by atoms with Crippen LogP contribution in [0.1, 0.15) is 29.0 Å². The van der Waals surface area contributed by atoms with Gasteiger partial charge in [0.05, 0.1) is 17.8 Å². The summed E-state index contributed by atoms with van der Waals surface area (Å²) in [6.45, 7) is 3.37. The second-order valence-electron chi connectivity index (χ2n) is 5.40. The molecule has 1 aromatic heterocycles. The van der Waals surface area contributed by atoms with Gasteiger partial charge in [0, 0.05) is 17.5 Å². The number of para-hydroxylation sites is 1. The summed E-state index contributed by atoms with van der Waals surface area (Å²) < 4.78 is 0. The summed E-state index contributed by atoms with van der Waals surface area (Å²) in [5, 5.41) is 14.0. The predicted molar refractivity (Wildman–Crippen MR) is 87.8 cm³/mol. The molecule has 0 unspecified atom stereocenters. The summed E-state index contributed by atoms with van der Waals surface area (Å²) in [6.07, 6.45) is 0.999. The maximum Gasteiger partial charge on any atom is 0.238 e. The first-order valence-electron chi connectivity index (χ1n) is 7.28. The van der Waals surface area contributed by atoms with Gasteiger partial charge in [0.1, 0.15) is 6.07 Å². The topological polar surface area (TPSA) is 56.1 Å². The molecule has 1 aromatic carbocycles. The maximum atomic E-state index is 12.3. The predicted octanol–water partition coefficient (Wildman–Crippen LogP) is 3.18. The highest BCUT2D eigenvalue weighted by Crippen LogP contribution is 2.32. The number of hydrogen-bond donors (Lipinski definition) is 1. The number of rotatable bonds is 3.